The number of phenols is 1. The summed E-state index contributed by atoms with van der Waals surface area (Å²) in [5.74, 6) is -0.176. The molecule has 1 aliphatic heterocycles. The Morgan fingerprint density at radius 2 is 2.18 bits per heavy atom. The SMILES string of the molecule is CCOc1cc(/C=C2\SC(=O)N(CC(=O)NCc3ccco3)C2=O)ccc1O. The van der Waals surface area contributed by atoms with Gasteiger partial charge in [-0.15, -0.1) is 0 Å². The average Bonchev–Trinajstić information content (AvgIpc) is 3.27. The van der Waals surface area contributed by atoms with Crippen molar-refractivity contribution < 1.29 is 28.6 Å². The zero-order valence-electron chi connectivity index (χ0n) is 15.0. The number of thioether (sulfide) groups is 1. The minimum Gasteiger partial charge on any atom is -0.504 e. The highest BCUT2D eigenvalue weighted by atomic mass is 32.2. The molecule has 1 saturated heterocycles. The van der Waals surface area contributed by atoms with Crippen LogP contribution in [0.4, 0.5) is 4.79 Å². The molecule has 9 heteroatoms. The van der Waals surface area contributed by atoms with E-state index in [1.807, 2.05) is 0 Å². The number of phenolic OH excluding ortho intramolecular Hbond substituents is 1. The lowest BCUT2D eigenvalue weighted by atomic mass is 10.2. The third-order valence-electron chi connectivity index (χ3n) is 3.80. The van der Waals surface area contributed by atoms with Gasteiger partial charge in [-0.2, -0.15) is 0 Å². The molecule has 0 unspecified atom stereocenters. The van der Waals surface area contributed by atoms with E-state index in [0.717, 1.165) is 16.7 Å². The molecule has 0 atom stereocenters. The number of rotatable bonds is 7. The standard InChI is InChI=1S/C19H18N2O6S/c1-2-26-15-8-12(5-6-14(15)22)9-16-18(24)21(19(25)28-16)11-17(23)20-10-13-4-3-7-27-13/h3-9,22H,2,10-11H2,1H3,(H,20,23)/b16-9-. The van der Waals surface area contributed by atoms with Crippen LogP contribution in [-0.4, -0.2) is 40.2 Å². The number of amides is 3. The smallest absolute Gasteiger partial charge is 0.294 e. The number of benzene rings is 1. The molecule has 146 valence electrons. The van der Waals surface area contributed by atoms with E-state index in [0.29, 0.717) is 17.9 Å². The van der Waals surface area contributed by atoms with Crippen molar-refractivity contribution in [1.82, 2.24) is 10.2 Å². The third-order valence-corrected chi connectivity index (χ3v) is 4.70. The molecule has 0 aliphatic carbocycles. The van der Waals surface area contributed by atoms with E-state index in [4.69, 9.17) is 9.15 Å². The van der Waals surface area contributed by atoms with Crippen molar-refractivity contribution in [2.24, 2.45) is 0 Å². The summed E-state index contributed by atoms with van der Waals surface area (Å²) >= 11 is 0.755. The summed E-state index contributed by atoms with van der Waals surface area (Å²) in [6.45, 7) is 1.96. The highest BCUT2D eigenvalue weighted by Gasteiger charge is 2.36. The van der Waals surface area contributed by atoms with Gasteiger partial charge in [-0.25, -0.2) is 0 Å². The lowest BCUT2D eigenvalue weighted by Gasteiger charge is -2.11. The first-order valence-corrected chi connectivity index (χ1v) is 9.30. The van der Waals surface area contributed by atoms with Gasteiger partial charge in [0.15, 0.2) is 11.5 Å². The summed E-state index contributed by atoms with van der Waals surface area (Å²) in [6, 6.07) is 8.02. The lowest BCUT2D eigenvalue weighted by molar-refractivity contribution is -0.129. The first kappa shape index (κ1) is 19.6. The summed E-state index contributed by atoms with van der Waals surface area (Å²) in [5.41, 5.74) is 0.592. The summed E-state index contributed by atoms with van der Waals surface area (Å²) in [5, 5.41) is 11.8. The summed E-state index contributed by atoms with van der Waals surface area (Å²) in [6.07, 6.45) is 3.01. The van der Waals surface area contributed by atoms with E-state index in [-0.39, 0.29) is 29.5 Å². The van der Waals surface area contributed by atoms with Gasteiger partial charge in [-0.05, 0) is 54.6 Å². The fourth-order valence-corrected chi connectivity index (χ4v) is 3.32. The maximum absolute atomic E-state index is 12.5. The normalized spacial score (nSPS) is 15.3. The molecule has 1 aliphatic rings. The maximum atomic E-state index is 12.5. The second-order valence-electron chi connectivity index (χ2n) is 5.78. The van der Waals surface area contributed by atoms with Crippen LogP contribution in [0, 0.1) is 0 Å². The fraction of sp³-hybridized carbons (Fsp3) is 0.211. The Morgan fingerprint density at radius 3 is 2.89 bits per heavy atom. The van der Waals surface area contributed by atoms with Crippen LogP contribution < -0.4 is 10.1 Å². The molecule has 0 radical (unpaired) electrons. The van der Waals surface area contributed by atoms with Crippen LogP contribution in [-0.2, 0) is 16.1 Å². The zero-order valence-corrected chi connectivity index (χ0v) is 15.8. The van der Waals surface area contributed by atoms with Gasteiger partial charge in [0.25, 0.3) is 11.1 Å². The molecule has 2 heterocycles. The van der Waals surface area contributed by atoms with Gasteiger partial charge in [-0.3, -0.25) is 19.3 Å². The van der Waals surface area contributed by atoms with E-state index in [1.54, 1.807) is 31.2 Å². The largest absolute Gasteiger partial charge is 0.504 e. The highest BCUT2D eigenvalue weighted by molar-refractivity contribution is 8.18. The molecule has 0 bridgehead atoms. The molecule has 28 heavy (non-hydrogen) atoms. The Balaban J connectivity index is 1.66. The van der Waals surface area contributed by atoms with Gasteiger partial charge in [0, 0.05) is 0 Å². The molecule has 8 nitrogen and oxygen atoms in total. The number of imide groups is 1. The monoisotopic (exact) mass is 402 g/mol. The van der Waals surface area contributed by atoms with Crippen molar-refractivity contribution in [2.45, 2.75) is 13.5 Å². The van der Waals surface area contributed by atoms with Gasteiger partial charge >= 0.3 is 0 Å². The summed E-state index contributed by atoms with van der Waals surface area (Å²) in [4.78, 5) is 37.8. The third kappa shape index (κ3) is 4.55. The van der Waals surface area contributed by atoms with Gasteiger partial charge < -0.3 is 19.6 Å². The zero-order chi connectivity index (χ0) is 20.1. The Labute approximate surface area is 165 Å². The molecule has 2 N–H and O–H groups in total. The number of nitrogens with zero attached hydrogens (tertiary/aromatic N) is 1. The van der Waals surface area contributed by atoms with E-state index >= 15 is 0 Å². The molecule has 3 rings (SSSR count). The first-order chi connectivity index (χ1) is 13.5. The molecule has 3 amide bonds. The number of furan rings is 1. The topological polar surface area (TPSA) is 109 Å². The van der Waals surface area contributed by atoms with Gasteiger partial charge in [0.2, 0.25) is 5.91 Å². The molecule has 1 fully saturated rings. The van der Waals surface area contributed by atoms with Crippen LogP contribution in [0.2, 0.25) is 0 Å². The number of aromatic hydroxyl groups is 1. The lowest BCUT2D eigenvalue weighted by Crippen LogP contribution is -2.39. The minimum absolute atomic E-state index is 0.0136. The molecule has 2 aromatic rings. The van der Waals surface area contributed by atoms with Crippen LogP contribution in [0.1, 0.15) is 18.2 Å². The van der Waals surface area contributed by atoms with E-state index in [9.17, 15) is 19.5 Å². The van der Waals surface area contributed by atoms with Crippen LogP contribution in [0.3, 0.4) is 0 Å². The van der Waals surface area contributed by atoms with Crippen molar-refractivity contribution in [3.05, 3.63) is 52.8 Å². The number of carbonyl (C=O) groups is 3. The van der Waals surface area contributed by atoms with Crippen LogP contribution in [0.15, 0.2) is 45.9 Å². The number of hydrogen-bond acceptors (Lipinski definition) is 7. The average molecular weight is 402 g/mol. The number of carbonyl (C=O) groups excluding carboxylic acids is 3. The fourth-order valence-electron chi connectivity index (χ4n) is 2.48. The Hall–Kier alpha value is -3.20. The van der Waals surface area contributed by atoms with Crippen LogP contribution in [0.25, 0.3) is 6.08 Å². The van der Waals surface area contributed by atoms with Crippen molar-refractivity contribution in [3.8, 4) is 11.5 Å². The second-order valence-corrected chi connectivity index (χ2v) is 6.78. The van der Waals surface area contributed by atoms with E-state index < -0.39 is 17.1 Å². The van der Waals surface area contributed by atoms with Gasteiger partial charge in [-0.1, -0.05) is 6.07 Å². The Bertz CT molecular complexity index is 923. The predicted molar refractivity (Wildman–Crippen MR) is 103 cm³/mol. The maximum Gasteiger partial charge on any atom is 0.294 e. The van der Waals surface area contributed by atoms with Gasteiger partial charge in [0.05, 0.1) is 24.3 Å². The number of nitrogens with one attached hydrogen (secondary N) is 1. The molecular weight excluding hydrogens is 384 g/mol. The van der Waals surface area contributed by atoms with Crippen LogP contribution in [0.5, 0.6) is 11.5 Å². The second kappa shape index (κ2) is 8.66. The van der Waals surface area contributed by atoms with E-state index in [2.05, 4.69) is 5.32 Å². The molecule has 1 aromatic carbocycles. The van der Waals surface area contributed by atoms with Crippen molar-refractivity contribution in [1.29, 1.82) is 0 Å². The van der Waals surface area contributed by atoms with E-state index in [1.165, 1.54) is 18.4 Å². The van der Waals surface area contributed by atoms with Crippen molar-refractivity contribution in [2.75, 3.05) is 13.2 Å². The molecular formula is C19H18N2O6S. The Morgan fingerprint density at radius 1 is 1.36 bits per heavy atom. The summed E-state index contributed by atoms with van der Waals surface area (Å²) in [7, 11) is 0. The van der Waals surface area contributed by atoms with Crippen LogP contribution >= 0.6 is 11.8 Å². The molecule has 0 saturated carbocycles. The molecule has 1 aromatic heterocycles. The number of ether oxygens (including phenoxy) is 1. The number of hydrogen-bond donors (Lipinski definition) is 2. The highest BCUT2D eigenvalue weighted by Crippen LogP contribution is 2.34. The molecule has 0 spiro atoms. The Kier molecular flexibility index (Phi) is 6.05. The summed E-state index contributed by atoms with van der Waals surface area (Å²) < 4.78 is 10.4. The van der Waals surface area contributed by atoms with Crippen molar-refractivity contribution in [3.63, 3.8) is 0 Å². The van der Waals surface area contributed by atoms with Crippen molar-refractivity contribution >= 4 is 34.9 Å². The predicted octanol–water partition coefficient (Wildman–Crippen LogP) is 2.74. The van der Waals surface area contributed by atoms with Gasteiger partial charge in [0.1, 0.15) is 12.3 Å². The first-order valence-electron chi connectivity index (χ1n) is 8.48. The minimum atomic E-state index is -0.547. The quantitative estimate of drug-likeness (QED) is 0.686.